The van der Waals surface area contributed by atoms with Crippen molar-refractivity contribution in [2.45, 2.75) is 36.8 Å². The fraction of sp³-hybridized carbons (Fsp3) is 0.294. The number of nitrogens with two attached hydrogens (primary N) is 1. The molecule has 1 atom stereocenters. The minimum Gasteiger partial charge on any atom is -0.398 e. The number of halogens is 1. The minimum absolute atomic E-state index is 0.102. The quantitative estimate of drug-likeness (QED) is 0.844. The molecule has 2 aromatic rings. The van der Waals surface area contributed by atoms with Crippen LogP contribution in [-0.4, -0.2) is 4.21 Å². The summed E-state index contributed by atoms with van der Waals surface area (Å²) in [4.78, 5) is 0.830. The van der Waals surface area contributed by atoms with Crippen molar-refractivity contribution in [3.05, 3.63) is 58.6 Å². The van der Waals surface area contributed by atoms with E-state index in [-0.39, 0.29) is 5.41 Å². The molecule has 0 aliphatic heterocycles. The summed E-state index contributed by atoms with van der Waals surface area (Å²) in [5.74, 6) is 0.441. The Morgan fingerprint density at radius 1 is 1.10 bits per heavy atom. The SMILES string of the molecule is CC(C)(C)c1ccc(S(=O)Cc2ccc(Cl)c(N)c2)cc1. The number of benzene rings is 2. The highest BCUT2D eigenvalue weighted by Gasteiger charge is 2.14. The highest BCUT2D eigenvalue weighted by atomic mass is 35.5. The molecule has 0 spiro atoms. The Hall–Kier alpha value is -1.32. The van der Waals surface area contributed by atoms with Crippen LogP contribution in [0.1, 0.15) is 31.9 Å². The van der Waals surface area contributed by atoms with Gasteiger partial charge in [0, 0.05) is 4.90 Å². The summed E-state index contributed by atoms with van der Waals surface area (Å²) in [5.41, 5.74) is 8.56. The van der Waals surface area contributed by atoms with E-state index in [1.54, 1.807) is 12.1 Å². The molecule has 0 radical (unpaired) electrons. The predicted molar refractivity (Wildman–Crippen MR) is 91.1 cm³/mol. The fourth-order valence-electron chi connectivity index (χ4n) is 2.02. The van der Waals surface area contributed by atoms with Crippen molar-refractivity contribution in [1.29, 1.82) is 0 Å². The molecule has 2 N–H and O–H groups in total. The van der Waals surface area contributed by atoms with Gasteiger partial charge in [0.15, 0.2) is 0 Å². The van der Waals surface area contributed by atoms with Crippen molar-refractivity contribution in [2.24, 2.45) is 0 Å². The first-order valence-corrected chi connectivity index (χ1v) is 8.50. The van der Waals surface area contributed by atoms with Crippen molar-refractivity contribution in [3.63, 3.8) is 0 Å². The summed E-state index contributed by atoms with van der Waals surface area (Å²) in [6.07, 6.45) is 0. The Balaban J connectivity index is 2.15. The number of hydrogen-bond acceptors (Lipinski definition) is 2. The average molecular weight is 322 g/mol. The molecule has 2 nitrogen and oxygen atoms in total. The fourth-order valence-corrected chi connectivity index (χ4v) is 3.23. The van der Waals surface area contributed by atoms with Crippen LogP contribution in [0.3, 0.4) is 0 Å². The number of nitrogen functional groups attached to an aromatic ring is 1. The van der Waals surface area contributed by atoms with Gasteiger partial charge in [-0.1, -0.05) is 50.6 Å². The van der Waals surface area contributed by atoms with Gasteiger partial charge < -0.3 is 5.73 Å². The van der Waals surface area contributed by atoms with Crippen LogP contribution < -0.4 is 5.73 Å². The Morgan fingerprint density at radius 2 is 1.71 bits per heavy atom. The molecule has 0 fully saturated rings. The second-order valence-corrected chi connectivity index (χ2v) is 7.98. The van der Waals surface area contributed by atoms with E-state index in [9.17, 15) is 4.21 Å². The molecule has 0 saturated heterocycles. The van der Waals surface area contributed by atoms with Gasteiger partial charge in [0.05, 0.1) is 27.3 Å². The first-order chi connectivity index (χ1) is 9.77. The van der Waals surface area contributed by atoms with Crippen LogP contribution in [0.5, 0.6) is 0 Å². The van der Waals surface area contributed by atoms with Gasteiger partial charge in [-0.25, -0.2) is 0 Å². The molecule has 0 aromatic heterocycles. The van der Waals surface area contributed by atoms with Crippen molar-refractivity contribution < 1.29 is 4.21 Å². The molecule has 2 aromatic carbocycles. The zero-order chi connectivity index (χ0) is 15.6. The summed E-state index contributed by atoms with van der Waals surface area (Å²) in [7, 11) is -1.08. The summed E-state index contributed by atoms with van der Waals surface area (Å²) in [6.45, 7) is 6.49. The standard InChI is InChI=1S/C17H20ClNOS/c1-17(2,3)13-5-7-14(8-6-13)21(20)11-12-4-9-15(18)16(19)10-12/h4-10H,11,19H2,1-3H3. The van der Waals surface area contributed by atoms with Crippen LogP contribution in [0.15, 0.2) is 47.4 Å². The molecular weight excluding hydrogens is 302 g/mol. The third-order valence-corrected chi connectivity index (χ3v) is 5.08. The highest BCUT2D eigenvalue weighted by Crippen LogP contribution is 2.24. The van der Waals surface area contributed by atoms with Crippen LogP contribution in [-0.2, 0) is 22.0 Å². The van der Waals surface area contributed by atoms with E-state index in [1.165, 1.54) is 5.56 Å². The molecule has 21 heavy (non-hydrogen) atoms. The van der Waals surface area contributed by atoms with E-state index in [2.05, 4.69) is 20.8 Å². The summed E-state index contributed by atoms with van der Waals surface area (Å²) in [6, 6.07) is 13.4. The number of hydrogen-bond donors (Lipinski definition) is 1. The van der Waals surface area contributed by atoms with Gasteiger partial charge in [0.1, 0.15) is 0 Å². The molecule has 0 saturated carbocycles. The first kappa shape index (κ1) is 16.1. The first-order valence-electron chi connectivity index (χ1n) is 6.80. The van der Waals surface area contributed by atoms with Crippen LogP contribution in [0.2, 0.25) is 5.02 Å². The molecule has 4 heteroatoms. The second-order valence-electron chi connectivity index (χ2n) is 6.12. The summed E-state index contributed by atoms with van der Waals surface area (Å²) >= 11 is 5.89. The summed E-state index contributed by atoms with van der Waals surface area (Å²) in [5, 5.41) is 0.527. The molecule has 0 amide bonds. The molecule has 0 aliphatic rings. The Morgan fingerprint density at radius 3 is 2.24 bits per heavy atom. The van der Waals surface area contributed by atoms with Gasteiger partial charge >= 0.3 is 0 Å². The zero-order valence-corrected chi connectivity index (χ0v) is 14.1. The molecule has 0 bridgehead atoms. The van der Waals surface area contributed by atoms with E-state index < -0.39 is 10.8 Å². The van der Waals surface area contributed by atoms with Crippen LogP contribution in [0.25, 0.3) is 0 Å². The Labute approximate surface area is 133 Å². The maximum atomic E-state index is 12.4. The maximum Gasteiger partial charge on any atom is 0.0635 e. The lowest BCUT2D eigenvalue weighted by molar-refractivity contribution is 0.589. The third-order valence-electron chi connectivity index (χ3n) is 3.34. The van der Waals surface area contributed by atoms with Gasteiger partial charge in [-0.15, -0.1) is 0 Å². The molecule has 1 unspecified atom stereocenters. The minimum atomic E-state index is -1.08. The Kier molecular flexibility index (Phi) is 4.74. The molecular formula is C17H20ClNOS. The van der Waals surface area contributed by atoms with E-state index in [4.69, 9.17) is 17.3 Å². The van der Waals surface area contributed by atoms with Crippen LogP contribution in [0.4, 0.5) is 5.69 Å². The highest BCUT2D eigenvalue weighted by molar-refractivity contribution is 7.84. The lowest BCUT2D eigenvalue weighted by atomic mass is 9.87. The maximum absolute atomic E-state index is 12.4. The third kappa shape index (κ3) is 4.08. The molecule has 112 valence electrons. The van der Waals surface area contributed by atoms with E-state index >= 15 is 0 Å². The average Bonchev–Trinajstić information content (AvgIpc) is 2.42. The Bertz CT molecular complexity index is 659. The number of anilines is 1. The van der Waals surface area contributed by atoms with Crippen molar-refractivity contribution in [1.82, 2.24) is 0 Å². The largest absolute Gasteiger partial charge is 0.398 e. The van der Waals surface area contributed by atoms with Gasteiger partial charge in [-0.2, -0.15) is 0 Å². The van der Waals surface area contributed by atoms with Gasteiger partial charge in [0.25, 0.3) is 0 Å². The number of rotatable bonds is 3. The predicted octanol–water partition coefficient (Wildman–Crippen LogP) is 4.53. The molecule has 0 heterocycles. The zero-order valence-electron chi connectivity index (χ0n) is 12.5. The van der Waals surface area contributed by atoms with Crippen molar-refractivity contribution in [2.75, 3.05) is 5.73 Å². The smallest absolute Gasteiger partial charge is 0.0635 e. The van der Waals surface area contributed by atoms with Crippen LogP contribution in [0, 0.1) is 0 Å². The van der Waals surface area contributed by atoms with Crippen molar-refractivity contribution in [3.8, 4) is 0 Å². The monoisotopic (exact) mass is 321 g/mol. The topological polar surface area (TPSA) is 43.1 Å². The van der Waals surface area contributed by atoms with E-state index in [0.29, 0.717) is 16.5 Å². The van der Waals surface area contributed by atoms with Crippen molar-refractivity contribution >= 4 is 28.1 Å². The van der Waals surface area contributed by atoms with Gasteiger partial charge in [-0.3, -0.25) is 4.21 Å². The molecule has 2 rings (SSSR count). The lowest BCUT2D eigenvalue weighted by Crippen LogP contribution is -2.10. The normalized spacial score (nSPS) is 13.1. The van der Waals surface area contributed by atoms with Gasteiger partial charge in [0.2, 0.25) is 0 Å². The summed E-state index contributed by atoms with van der Waals surface area (Å²) < 4.78 is 12.4. The van der Waals surface area contributed by atoms with Gasteiger partial charge in [-0.05, 0) is 40.8 Å². The van der Waals surface area contributed by atoms with E-state index in [1.807, 2.05) is 30.3 Å². The second kappa shape index (κ2) is 6.20. The van der Waals surface area contributed by atoms with E-state index in [0.717, 1.165) is 10.5 Å². The lowest BCUT2D eigenvalue weighted by Gasteiger charge is -2.19. The molecule has 0 aliphatic carbocycles. The van der Waals surface area contributed by atoms with Crippen LogP contribution >= 0.6 is 11.6 Å².